The van der Waals surface area contributed by atoms with E-state index in [1.54, 1.807) is 36.4 Å². The molecule has 0 radical (unpaired) electrons. The number of hydrogen-bond acceptors (Lipinski definition) is 16. The van der Waals surface area contributed by atoms with Gasteiger partial charge in [0.05, 0.1) is 38.6 Å². The van der Waals surface area contributed by atoms with Crippen molar-refractivity contribution in [2.24, 2.45) is 0 Å². The first kappa shape index (κ1) is 36.8. The van der Waals surface area contributed by atoms with Crippen LogP contribution in [0.15, 0.2) is 66.7 Å². The number of esters is 2. The number of hydrogen-bond donors (Lipinski definition) is 6. The third-order valence-corrected chi connectivity index (χ3v) is 8.12. The molecule has 16 heteroatoms. The molecule has 6 N–H and O–H groups in total. The van der Waals surface area contributed by atoms with Gasteiger partial charge >= 0.3 is 11.9 Å². The summed E-state index contributed by atoms with van der Waals surface area (Å²) in [5.74, 6) is -0.558. The van der Waals surface area contributed by atoms with E-state index in [-0.39, 0.29) is 29.4 Å². The summed E-state index contributed by atoms with van der Waals surface area (Å²) in [5.41, 5.74) is -1.06. The van der Waals surface area contributed by atoms with Gasteiger partial charge in [-0.1, -0.05) is 6.07 Å². The van der Waals surface area contributed by atoms with Crippen LogP contribution < -0.4 is 14.2 Å². The minimum Gasteiger partial charge on any atom is -0.508 e. The molecule has 0 aliphatic carbocycles. The number of aliphatic hydroxyl groups is 5. The number of aromatic hydroxyl groups is 1. The van der Waals surface area contributed by atoms with Gasteiger partial charge in [0.15, 0.2) is 23.4 Å². The number of methoxy groups -OCH3 is 2. The Balaban J connectivity index is 1.15. The van der Waals surface area contributed by atoms with Crippen molar-refractivity contribution in [3.8, 4) is 23.0 Å². The molecule has 8 atom stereocenters. The van der Waals surface area contributed by atoms with Crippen LogP contribution in [-0.2, 0) is 30.3 Å². The molecule has 2 aliphatic heterocycles. The number of phenols is 1. The SMILES string of the molecule is COc1ccc(C(=O)OCc2ccc(OC3OC(COC4OCC(O)(COC(=O)c5ccc(O)cc5)C4O)C(O)C(O)C3O)c(OC)c2)cc1. The van der Waals surface area contributed by atoms with Gasteiger partial charge in [0.1, 0.15) is 55.2 Å². The molecule has 0 saturated carbocycles. The Bertz CT molecular complexity index is 1600. The monoisotopic (exact) mass is 702 g/mol. The zero-order valence-corrected chi connectivity index (χ0v) is 27.0. The molecule has 0 spiro atoms. The van der Waals surface area contributed by atoms with Crippen LogP contribution in [0.5, 0.6) is 23.0 Å². The molecule has 270 valence electrons. The fraction of sp³-hybridized carbons (Fsp3) is 0.412. The van der Waals surface area contributed by atoms with Gasteiger partial charge in [0, 0.05) is 0 Å². The Morgan fingerprint density at radius 2 is 1.46 bits per heavy atom. The number of carbonyl (C=O) groups excluding carboxylic acids is 2. The van der Waals surface area contributed by atoms with Gasteiger partial charge in [-0.05, 0) is 66.2 Å². The van der Waals surface area contributed by atoms with Gasteiger partial charge in [-0.2, -0.15) is 0 Å². The van der Waals surface area contributed by atoms with Crippen LogP contribution in [0.25, 0.3) is 0 Å². The third-order valence-electron chi connectivity index (χ3n) is 8.12. The van der Waals surface area contributed by atoms with E-state index >= 15 is 0 Å². The summed E-state index contributed by atoms with van der Waals surface area (Å²) in [7, 11) is 2.88. The second-order valence-corrected chi connectivity index (χ2v) is 11.6. The first-order valence-corrected chi connectivity index (χ1v) is 15.4. The summed E-state index contributed by atoms with van der Waals surface area (Å²) in [5, 5.41) is 62.7. The predicted octanol–water partition coefficient (Wildman–Crippen LogP) is 0.275. The molecule has 3 aromatic rings. The average Bonchev–Trinajstić information content (AvgIpc) is 3.42. The predicted molar refractivity (Wildman–Crippen MR) is 167 cm³/mol. The lowest BCUT2D eigenvalue weighted by atomic mass is 9.99. The van der Waals surface area contributed by atoms with Crippen molar-refractivity contribution in [2.45, 2.75) is 55.3 Å². The van der Waals surface area contributed by atoms with Gasteiger partial charge in [-0.3, -0.25) is 0 Å². The maximum atomic E-state index is 12.4. The number of ether oxygens (including phenoxy) is 8. The van der Waals surface area contributed by atoms with E-state index < -0.39 is 80.5 Å². The van der Waals surface area contributed by atoms with E-state index in [4.69, 9.17) is 37.9 Å². The van der Waals surface area contributed by atoms with Crippen molar-refractivity contribution in [2.75, 3.05) is 34.0 Å². The first-order valence-electron chi connectivity index (χ1n) is 15.4. The zero-order chi connectivity index (χ0) is 36.0. The van der Waals surface area contributed by atoms with Crippen molar-refractivity contribution in [3.05, 3.63) is 83.4 Å². The number of rotatable bonds is 13. The third kappa shape index (κ3) is 8.43. The van der Waals surface area contributed by atoms with Gasteiger partial charge in [-0.25, -0.2) is 9.59 Å². The molecule has 50 heavy (non-hydrogen) atoms. The molecule has 2 saturated heterocycles. The summed E-state index contributed by atoms with van der Waals surface area (Å²) < 4.78 is 43.4. The summed E-state index contributed by atoms with van der Waals surface area (Å²) in [4.78, 5) is 24.8. The minimum absolute atomic E-state index is 0.0522. The molecule has 2 aliphatic rings. The van der Waals surface area contributed by atoms with Crippen LogP contribution >= 0.6 is 0 Å². The molecule has 0 bridgehead atoms. The maximum Gasteiger partial charge on any atom is 0.338 e. The highest BCUT2D eigenvalue weighted by Gasteiger charge is 2.51. The molecule has 5 rings (SSSR count). The summed E-state index contributed by atoms with van der Waals surface area (Å²) in [6.07, 6.45) is -11.1. The van der Waals surface area contributed by atoms with Crippen molar-refractivity contribution < 1.29 is 78.1 Å². The lowest BCUT2D eigenvalue weighted by Crippen LogP contribution is -2.60. The van der Waals surface area contributed by atoms with Crippen molar-refractivity contribution >= 4 is 11.9 Å². The molecule has 16 nitrogen and oxygen atoms in total. The first-order chi connectivity index (χ1) is 23.9. The van der Waals surface area contributed by atoms with Crippen molar-refractivity contribution in [1.82, 2.24) is 0 Å². The van der Waals surface area contributed by atoms with E-state index in [1.807, 2.05) is 0 Å². The highest BCUT2D eigenvalue weighted by molar-refractivity contribution is 5.90. The Labute approximate surface area is 285 Å². The van der Waals surface area contributed by atoms with Gasteiger partial charge in [0.2, 0.25) is 6.29 Å². The smallest absolute Gasteiger partial charge is 0.338 e. The molecular weight excluding hydrogens is 664 g/mol. The molecule has 2 heterocycles. The molecule has 0 aromatic heterocycles. The van der Waals surface area contributed by atoms with E-state index in [9.17, 15) is 40.2 Å². The summed E-state index contributed by atoms with van der Waals surface area (Å²) in [6, 6.07) is 16.2. The highest BCUT2D eigenvalue weighted by Crippen LogP contribution is 2.33. The van der Waals surface area contributed by atoms with Crippen LogP contribution in [-0.4, -0.2) is 125 Å². The minimum atomic E-state index is -2.04. The summed E-state index contributed by atoms with van der Waals surface area (Å²) in [6.45, 7) is -1.72. The van der Waals surface area contributed by atoms with E-state index in [0.29, 0.717) is 16.9 Å². The van der Waals surface area contributed by atoms with Gasteiger partial charge in [0.25, 0.3) is 0 Å². The average molecular weight is 703 g/mol. The topological polar surface area (TPSA) is 229 Å². The lowest BCUT2D eigenvalue weighted by molar-refractivity contribution is -0.289. The number of carbonyl (C=O) groups is 2. The van der Waals surface area contributed by atoms with Crippen LogP contribution in [0, 0.1) is 0 Å². The molecule has 0 amide bonds. The largest absolute Gasteiger partial charge is 0.508 e. The zero-order valence-electron chi connectivity index (χ0n) is 27.0. The Morgan fingerprint density at radius 3 is 2.12 bits per heavy atom. The molecular formula is C34H38O16. The van der Waals surface area contributed by atoms with Crippen LogP contribution in [0.4, 0.5) is 0 Å². The normalized spacial score (nSPS) is 27.7. The standard InChI is InChI=1S/C34H38O16/c1-43-22-10-6-20(7-11-22)30(40)45-14-18-3-12-23(24(13-18)44-2)49-32-28(38)27(37)26(36)25(50-32)15-46-33-29(39)34(42,17-48-33)16-47-31(41)19-4-8-21(35)9-5-19/h3-13,25-29,32-33,35-39,42H,14-17H2,1-2H3. The maximum absolute atomic E-state index is 12.4. The molecule has 3 aromatic carbocycles. The van der Waals surface area contributed by atoms with Gasteiger partial charge in [-0.15, -0.1) is 0 Å². The number of benzene rings is 3. The van der Waals surface area contributed by atoms with Crippen LogP contribution in [0.3, 0.4) is 0 Å². The second kappa shape index (κ2) is 16.0. The van der Waals surface area contributed by atoms with Crippen molar-refractivity contribution in [1.29, 1.82) is 0 Å². The Morgan fingerprint density at radius 1 is 0.800 bits per heavy atom. The number of aliphatic hydroxyl groups excluding tert-OH is 4. The fourth-order valence-electron chi connectivity index (χ4n) is 5.12. The quantitative estimate of drug-likeness (QED) is 0.131. The summed E-state index contributed by atoms with van der Waals surface area (Å²) >= 11 is 0. The van der Waals surface area contributed by atoms with E-state index in [1.165, 1.54) is 44.6 Å². The molecule has 8 unspecified atom stereocenters. The molecule has 2 fully saturated rings. The lowest BCUT2D eigenvalue weighted by Gasteiger charge is -2.40. The van der Waals surface area contributed by atoms with E-state index in [2.05, 4.69) is 0 Å². The second-order valence-electron chi connectivity index (χ2n) is 11.6. The fourth-order valence-corrected chi connectivity index (χ4v) is 5.12. The van der Waals surface area contributed by atoms with E-state index in [0.717, 1.165) is 0 Å². The van der Waals surface area contributed by atoms with Crippen LogP contribution in [0.1, 0.15) is 26.3 Å². The Kier molecular flexibility index (Phi) is 11.8. The van der Waals surface area contributed by atoms with Crippen molar-refractivity contribution in [3.63, 3.8) is 0 Å². The Hall–Kier alpha value is -4.52. The van der Waals surface area contributed by atoms with Gasteiger partial charge < -0.3 is 68.5 Å². The number of phenolic OH excluding ortho intramolecular Hbond substituents is 1. The van der Waals surface area contributed by atoms with Crippen LogP contribution in [0.2, 0.25) is 0 Å². The highest BCUT2D eigenvalue weighted by atomic mass is 16.7.